The molecule has 2 aromatic rings. The number of methoxy groups -OCH3 is 2. The third kappa shape index (κ3) is 5.34. The summed E-state index contributed by atoms with van der Waals surface area (Å²) in [5.41, 5.74) is 1.82. The van der Waals surface area contributed by atoms with E-state index in [1.54, 1.807) is 30.3 Å². The third-order valence-electron chi connectivity index (χ3n) is 5.02. The normalized spacial score (nSPS) is 15.5. The van der Waals surface area contributed by atoms with E-state index in [-0.39, 0.29) is 18.9 Å². The lowest BCUT2D eigenvalue weighted by Crippen LogP contribution is -2.28. The van der Waals surface area contributed by atoms with Crippen LogP contribution in [-0.4, -0.2) is 45.2 Å². The highest BCUT2D eigenvalue weighted by atomic mass is 79.9. The Kier molecular flexibility index (Phi) is 7.63. The van der Waals surface area contributed by atoms with Gasteiger partial charge in [-0.1, -0.05) is 11.6 Å². The maximum atomic E-state index is 12.6. The summed E-state index contributed by atoms with van der Waals surface area (Å²) in [6.45, 7) is 1.46. The smallest absolute Gasteiger partial charge is 0.311 e. The van der Waals surface area contributed by atoms with Crippen LogP contribution in [-0.2, 0) is 19.1 Å². The molecule has 1 aliphatic heterocycles. The van der Waals surface area contributed by atoms with Crippen molar-refractivity contribution in [1.82, 2.24) is 0 Å². The Labute approximate surface area is 198 Å². The number of esters is 1. The van der Waals surface area contributed by atoms with Gasteiger partial charge in [0.25, 0.3) is 5.91 Å². The fourth-order valence-electron chi connectivity index (χ4n) is 3.33. The molecule has 2 amide bonds. The number of rotatable bonds is 7. The summed E-state index contributed by atoms with van der Waals surface area (Å²) in [4.78, 5) is 38.8. The SMILES string of the molecule is COc1ccc(OC)c(N2C[C@H](C(=O)OCC(=O)Nc3cc(Cl)c(Br)cc3C)CC2=O)c1. The van der Waals surface area contributed by atoms with Gasteiger partial charge in [0.05, 0.1) is 30.8 Å². The Morgan fingerprint density at radius 2 is 1.97 bits per heavy atom. The third-order valence-corrected chi connectivity index (χ3v) is 6.22. The number of nitrogens with zero attached hydrogens (tertiary/aromatic N) is 1. The van der Waals surface area contributed by atoms with Gasteiger partial charge in [-0.2, -0.15) is 0 Å². The minimum absolute atomic E-state index is 0.0256. The van der Waals surface area contributed by atoms with Crippen molar-refractivity contribution in [3.8, 4) is 11.5 Å². The van der Waals surface area contributed by atoms with Crippen molar-refractivity contribution in [2.75, 3.05) is 37.6 Å². The number of benzene rings is 2. The number of hydrogen-bond donors (Lipinski definition) is 1. The fraction of sp³-hybridized carbons (Fsp3) is 0.318. The zero-order valence-corrected chi connectivity index (χ0v) is 20.1. The van der Waals surface area contributed by atoms with Gasteiger partial charge in [-0.05, 0) is 52.7 Å². The number of amides is 2. The molecule has 1 heterocycles. The highest BCUT2D eigenvalue weighted by Gasteiger charge is 2.37. The zero-order valence-electron chi connectivity index (χ0n) is 17.7. The van der Waals surface area contributed by atoms with Gasteiger partial charge in [0.2, 0.25) is 5.91 Å². The fourth-order valence-corrected chi connectivity index (χ4v) is 3.95. The molecule has 0 radical (unpaired) electrons. The van der Waals surface area contributed by atoms with Crippen LogP contribution in [0.25, 0.3) is 0 Å². The van der Waals surface area contributed by atoms with E-state index in [9.17, 15) is 14.4 Å². The molecule has 0 unspecified atom stereocenters. The van der Waals surface area contributed by atoms with Crippen LogP contribution in [0.5, 0.6) is 11.5 Å². The van der Waals surface area contributed by atoms with Crippen molar-refractivity contribution in [3.05, 3.63) is 45.4 Å². The second-order valence-electron chi connectivity index (χ2n) is 7.18. The van der Waals surface area contributed by atoms with Gasteiger partial charge in [0.1, 0.15) is 11.5 Å². The second kappa shape index (κ2) is 10.2. The lowest BCUT2D eigenvalue weighted by Gasteiger charge is -2.20. The molecule has 10 heteroatoms. The standard InChI is InChI=1S/C22H22BrClN2O6/c1-12-6-15(23)16(24)9-17(12)25-20(27)11-32-22(29)13-7-21(28)26(10-13)18-8-14(30-2)4-5-19(18)31-3/h4-6,8-9,13H,7,10-11H2,1-3H3,(H,25,27)/t13-/m1/s1. The van der Waals surface area contributed by atoms with E-state index in [2.05, 4.69) is 21.2 Å². The summed E-state index contributed by atoms with van der Waals surface area (Å²) in [6, 6.07) is 8.45. The van der Waals surface area contributed by atoms with E-state index in [1.165, 1.54) is 19.1 Å². The number of aryl methyl sites for hydroxylation is 1. The van der Waals surface area contributed by atoms with Crippen molar-refractivity contribution in [2.45, 2.75) is 13.3 Å². The van der Waals surface area contributed by atoms with E-state index < -0.39 is 24.4 Å². The van der Waals surface area contributed by atoms with Crippen LogP contribution >= 0.6 is 27.5 Å². The second-order valence-corrected chi connectivity index (χ2v) is 8.44. The maximum absolute atomic E-state index is 12.6. The molecule has 1 N–H and O–H groups in total. The van der Waals surface area contributed by atoms with E-state index in [4.69, 9.17) is 25.8 Å². The van der Waals surface area contributed by atoms with Crippen molar-refractivity contribution in [2.24, 2.45) is 5.92 Å². The van der Waals surface area contributed by atoms with Crippen LogP contribution in [0.15, 0.2) is 34.8 Å². The largest absolute Gasteiger partial charge is 0.497 e. The van der Waals surface area contributed by atoms with Crippen molar-refractivity contribution in [3.63, 3.8) is 0 Å². The average molecular weight is 526 g/mol. The van der Waals surface area contributed by atoms with Crippen molar-refractivity contribution < 1.29 is 28.6 Å². The molecule has 1 fully saturated rings. The predicted octanol–water partition coefficient (Wildman–Crippen LogP) is 3.96. The molecular formula is C22H22BrClN2O6. The number of halogens is 2. The number of hydrogen-bond acceptors (Lipinski definition) is 6. The minimum Gasteiger partial charge on any atom is -0.497 e. The molecule has 1 atom stereocenters. The maximum Gasteiger partial charge on any atom is 0.311 e. The summed E-state index contributed by atoms with van der Waals surface area (Å²) < 4.78 is 16.4. The van der Waals surface area contributed by atoms with Crippen LogP contribution in [0.3, 0.4) is 0 Å². The summed E-state index contributed by atoms with van der Waals surface area (Å²) in [5, 5.41) is 3.11. The summed E-state index contributed by atoms with van der Waals surface area (Å²) >= 11 is 9.38. The Balaban J connectivity index is 1.61. The van der Waals surface area contributed by atoms with Crippen LogP contribution < -0.4 is 19.7 Å². The molecule has 1 aliphatic rings. The van der Waals surface area contributed by atoms with Gasteiger partial charge in [-0.3, -0.25) is 14.4 Å². The molecule has 32 heavy (non-hydrogen) atoms. The van der Waals surface area contributed by atoms with E-state index in [1.807, 2.05) is 6.92 Å². The summed E-state index contributed by atoms with van der Waals surface area (Å²) in [6.07, 6.45) is -0.0256. The lowest BCUT2D eigenvalue weighted by atomic mass is 10.1. The van der Waals surface area contributed by atoms with Crippen LogP contribution in [0, 0.1) is 12.8 Å². The molecule has 170 valence electrons. The summed E-state index contributed by atoms with van der Waals surface area (Å²) in [5.74, 6) is -1.03. The van der Waals surface area contributed by atoms with E-state index in [0.29, 0.717) is 32.4 Å². The van der Waals surface area contributed by atoms with E-state index in [0.717, 1.165) is 5.56 Å². The van der Waals surface area contributed by atoms with Crippen molar-refractivity contribution >= 4 is 56.7 Å². The van der Waals surface area contributed by atoms with Gasteiger partial charge in [-0.25, -0.2) is 0 Å². The molecule has 0 bridgehead atoms. The molecule has 8 nitrogen and oxygen atoms in total. The molecular weight excluding hydrogens is 504 g/mol. The zero-order chi connectivity index (χ0) is 23.4. The van der Waals surface area contributed by atoms with Crippen LogP contribution in [0.4, 0.5) is 11.4 Å². The molecule has 2 aromatic carbocycles. The Morgan fingerprint density at radius 1 is 1.22 bits per heavy atom. The first-order valence-electron chi connectivity index (χ1n) is 9.68. The first-order valence-corrected chi connectivity index (χ1v) is 10.8. The molecule has 1 saturated heterocycles. The van der Waals surface area contributed by atoms with Gasteiger partial charge < -0.3 is 24.4 Å². The van der Waals surface area contributed by atoms with Crippen LogP contribution in [0.1, 0.15) is 12.0 Å². The summed E-state index contributed by atoms with van der Waals surface area (Å²) in [7, 11) is 3.02. The molecule has 0 aliphatic carbocycles. The Bertz CT molecular complexity index is 1060. The first kappa shape index (κ1) is 23.9. The Hall–Kier alpha value is -2.78. The molecule has 0 spiro atoms. The predicted molar refractivity (Wildman–Crippen MR) is 123 cm³/mol. The average Bonchev–Trinajstić information content (AvgIpc) is 3.16. The van der Waals surface area contributed by atoms with Gasteiger partial charge >= 0.3 is 5.97 Å². The highest BCUT2D eigenvalue weighted by molar-refractivity contribution is 9.10. The topological polar surface area (TPSA) is 94.2 Å². The van der Waals surface area contributed by atoms with Gasteiger partial charge in [0, 0.05) is 29.2 Å². The number of carbonyl (C=O) groups excluding carboxylic acids is 3. The number of ether oxygens (including phenoxy) is 3. The number of anilines is 2. The van der Waals surface area contributed by atoms with Gasteiger partial charge in [0.15, 0.2) is 6.61 Å². The quantitative estimate of drug-likeness (QED) is 0.550. The van der Waals surface area contributed by atoms with Gasteiger partial charge in [-0.15, -0.1) is 0 Å². The lowest BCUT2D eigenvalue weighted by molar-refractivity contribution is -0.151. The number of nitrogens with one attached hydrogen (secondary N) is 1. The number of carbonyl (C=O) groups is 3. The Morgan fingerprint density at radius 3 is 2.66 bits per heavy atom. The van der Waals surface area contributed by atoms with E-state index >= 15 is 0 Å². The van der Waals surface area contributed by atoms with Crippen molar-refractivity contribution in [1.29, 1.82) is 0 Å². The molecule has 3 rings (SSSR count). The minimum atomic E-state index is -0.699. The highest BCUT2D eigenvalue weighted by Crippen LogP contribution is 2.36. The monoisotopic (exact) mass is 524 g/mol. The molecule has 0 saturated carbocycles. The molecule has 0 aromatic heterocycles. The first-order chi connectivity index (χ1) is 15.2. The van der Waals surface area contributed by atoms with Crippen LogP contribution in [0.2, 0.25) is 5.02 Å².